The third kappa shape index (κ3) is 5.52. The first-order valence-electron chi connectivity index (χ1n) is 13.8. The minimum absolute atomic E-state index is 0.107. The summed E-state index contributed by atoms with van der Waals surface area (Å²) in [5, 5.41) is 30.7. The molecule has 2 aromatic carbocycles. The van der Waals surface area contributed by atoms with Crippen molar-refractivity contribution in [2.24, 2.45) is 0 Å². The Hall–Kier alpha value is -4.15. The van der Waals surface area contributed by atoms with Crippen LogP contribution in [-0.4, -0.2) is 46.1 Å². The summed E-state index contributed by atoms with van der Waals surface area (Å²) in [5.74, 6) is -1.03. The maximum absolute atomic E-state index is 14.1. The highest BCUT2D eigenvalue weighted by Crippen LogP contribution is 2.47. The van der Waals surface area contributed by atoms with Crippen molar-refractivity contribution in [3.05, 3.63) is 93.3 Å². The molecule has 1 fully saturated rings. The smallest absolute Gasteiger partial charge is 0.407 e. The van der Waals surface area contributed by atoms with Gasteiger partial charge in [-0.15, -0.1) is 0 Å². The van der Waals surface area contributed by atoms with Crippen LogP contribution >= 0.6 is 11.6 Å². The molecule has 3 amide bonds. The molecule has 3 aromatic rings. The van der Waals surface area contributed by atoms with E-state index >= 15 is 0 Å². The first-order valence-corrected chi connectivity index (χ1v) is 14.2. The van der Waals surface area contributed by atoms with Crippen LogP contribution in [0.5, 0.6) is 0 Å². The number of amides is 3. The average Bonchev–Trinajstić information content (AvgIpc) is 3.53. The van der Waals surface area contributed by atoms with E-state index in [9.17, 15) is 24.7 Å². The second-order valence-corrected chi connectivity index (χ2v) is 11.9. The summed E-state index contributed by atoms with van der Waals surface area (Å²) in [6.07, 6.45) is 1.75. The van der Waals surface area contributed by atoms with Gasteiger partial charge in [0.15, 0.2) is 6.20 Å². The molecule has 1 aliphatic heterocycles. The molecule has 2 aliphatic rings. The van der Waals surface area contributed by atoms with Gasteiger partial charge in [-0.1, -0.05) is 35.9 Å². The summed E-state index contributed by atoms with van der Waals surface area (Å²) in [6.45, 7) is 5.87. The van der Waals surface area contributed by atoms with Crippen molar-refractivity contribution in [1.82, 2.24) is 15.5 Å². The number of pyridine rings is 1. The van der Waals surface area contributed by atoms with Gasteiger partial charge in [0.1, 0.15) is 11.6 Å². The van der Waals surface area contributed by atoms with Gasteiger partial charge in [0.05, 0.1) is 11.1 Å². The van der Waals surface area contributed by atoms with Gasteiger partial charge in [-0.3, -0.25) is 9.59 Å². The number of nitrogens with one attached hydrogen (secondary N) is 2. The summed E-state index contributed by atoms with van der Waals surface area (Å²) in [5.41, 5.74) is -0.103. The molecule has 1 unspecified atom stereocenters. The fourth-order valence-corrected chi connectivity index (χ4v) is 5.82. The molecule has 220 valence electrons. The Labute approximate surface area is 248 Å². The van der Waals surface area contributed by atoms with Crippen LogP contribution in [0.1, 0.15) is 55.9 Å². The molecule has 1 aromatic heterocycles. The number of likely N-dealkylation sites (tertiary alicyclic amines) is 1. The van der Waals surface area contributed by atoms with Crippen molar-refractivity contribution in [3.63, 3.8) is 0 Å². The lowest BCUT2D eigenvalue weighted by Crippen LogP contribution is -2.53. The molecule has 5 rings (SSSR count). The number of aliphatic hydroxyl groups is 1. The van der Waals surface area contributed by atoms with Crippen LogP contribution in [-0.2, 0) is 33.0 Å². The second kappa shape index (κ2) is 11.3. The minimum Gasteiger partial charge on any atom is -0.618 e. The van der Waals surface area contributed by atoms with Crippen molar-refractivity contribution < 1.29 is 29.0 Å². The molecule has 0 bridgehead atoms. The van der Waals surface area contributed by atoms with Crippen LogP contribution in [0.2, 0.25) is 5.02 Å². The highest BCUT2D eigenvalue weighted by Gasteiger charge is 2.55. The lowest BCUT2D eigenvalue weighted by molar-refractivity contribution is -0.594. The van der Waals surface area contributed by atoms with E-state index in [-0.39, 0.29) is 36.8 Å². The van der Waals surface area contributed by atoms with Crippen LogP contribution in [0.15, 0.2) is 60.8 Å². The first-order chi connectivity index (χ1) is 19.9. The van der Waals surface area contributed by atoms with E-state index in [1.807, 2.05) is 0 Å². The lowest BCUT2D eigenvalue weighted by atomic mass is 9.90. The number of aromatic nitrogens is 1. The number of rotatable bonds is 6. The molecule has 11 heteroatoms. The molecule has 2 atom stereocenters. The summed E-state index contributed by atoms with van der Waals surface area (Å²) < 4.78 is 5.95. The molecule has 10 nitrogen and oxygen atoms in total. The molecule has 0 saturated carbocycles. The monoisotopic (exact) mass is 592 g/mol. The second-order valence-electron chi connectivity index (χ2n) is 11.5. The van der Waals surface area contributed by atoms with Gasteiger partial charge in [0, 0.05) is 36.3 Å². The fourth-order valence-electron chi connectivity index (χ4n) is 5.63. The van der Waals surface area contributed by atoms with Crippen LogP contribution in [0.3, 0.4) is 0 Å². The zero-order chi connectivity index (χ0) is 30.2. The van der Waals surface area contributed by atoms with Crippen molar-refractivity contribution in [2.75, 3.05) is 6.54 Å². The molecule has 1 saturated heterocycles. The largest absolute Gasteiger partial charge is 0.618 e. The van der Waals surface area contributed by atoms with E-state index in [0.717, 1.165) is 5.56 Å². The number of ether oxygens (including phenoxy) is 1. The Bertz CT molecular complexity index is 1550. The third-order valence-corrected chi connectivity index (χ3v) is 7.73. The summed E-state index contributed by atoms with van der Waals surface area (Å²) in [6, 6.07) is 14.2. The summed E-state index contributed by atoms with van der Waals surface area (Å²) >= 11 is 6.23. The Morgan fingerprint density at radius 3 is 2.55 bits per heavy atom. The Kier molecular flexibility index (Phi) is 7.87. The average molecular weight is 593 g/mol. The fraction of sp³-hybridized carbons (Fsp3) is 0.355. The van der Waals surface area contributed by atoms with E-state index in [4.69, 9.17) is 16.3 Å². The predicted octanol–water partition coefficient (Wildman–Crippen LogP) is 3.52. The molecule has 0 radical (unpaired) electrons. The van der Waals surface area contributed by atoms with Gasteiger partial charge in [-0.05, 0) is 69.0 Å². The van der Waals surface area contributed by atoms with Gasteiger partial charge in [-0.25, -0.2) is 4.79 Å². The standard InChI is InChI=1S/C31H33ClN4O6/c1-30(2,3)42-29(39)34-17-19-12-13-21(32)16-20(19)18-33-27(37)25-11-7-14-35(25)28(38)31(40)23-9-5-4-8-22(23)26-24(31)10-6-15-36(26)41/h4-6,8-10,12-13,15-16,25,40H,7,11,14,17-18H2,1-3H3,(H,33,37)(H,34,39)/t25-,31?/m0/s1. The molecule has 42 heavy (non-hydrogen) atoms. The van der Waals surface area contributed by atoms with E-state index in [2.05, 4.69) is 10.6 Å². The zero-order valence-electron chi connectivity index (χ0n) is 23.6. The molecule has 2 heterocycles. The molecule has 1 aliphatic carbocycles. The van der Waals surface area contributed by atoms with E-state index in [1.54, 1.807) is 69.3 Å². The third-order valence-electron chi connectivity index (χ3n) is 7.49. The quantitative estimate of drug-likeness (QED) is 0.296. The highest BCUT2D eigenvalue weighted by atomic mass is 35.5. The highest BCUT2D eigenvalue weighted by molar-refractivity contribution is 6.30. The normalized spacial score (nSPS) is 19.2. The number of fused-ring (bicyclic) bond motifs is 3. The minimum atomic E-state index is -2.10. The van der Waals surface area contributed by atoms with Gasteiger partial charge in [0.25, 0.3) is 5.91 Å². The summed E-state index contributed by atoms with van der Waals surface area (Å²) in [4.78, 5) is 41.1. The van der Waals surface area contributed by atoms with Gasteiger partial charge in [0.2, 0.25) is 17.2 Å². The van der Waals surface area contributed by atoms with Gasteiger partial charge in [-0.2, -0.15) is 4.73 Å². The van der Waals surface area contributed by atoms with Crippen molar-refractivity contribution >= 4 is 29.5 Å². The van der Waals surface area contributed by atoms with Gasteiger partial charge < -0.3 is 30.6 Å². The molecular weight excluding hydrogens is 560 g/mol. The first kappa shape index (κ1) is 29.3. The topological polar surface area (TPSA) is 135 Å². The molecule has 0 spiro atoms. The zero-order valence-corrected chi connectivity index (χ0v) is 24.4. The number of nitrogens with zero attached hydrogens (tertiary/aromatic N) is 2. The number of carbonyl (C=O) groups is 3. The number of benzene rings is 2. The van der Waals surface area contributed by atoms with Crippen molar-refractivity contribution in [3.8, 4) is 11.3 Å². The van der Waals surface area contributed by atoms with Crippen LogP contribution in [0.25, 0.3) is 11.3 Å². The van der Waals surface area contributed by atoms with E-state index < -0.39 is 29.2 Å². The number of carbonyl (C=O) groups excluding carboxylic acids is 3. The predicted molar refractivity (Wildman–Crippen MR) is 155 cm³/mol. The SMILES string of the molecule is CC(C)(C)OC(=O)NCc1ccc(Cl)cc1CNC(=O)[C@@H]1CCCN1C(=O)C1(O)c2ccccc2-c2c1ccc[n+]2[O-]. The van der Waals surface area contributed by atoms with E-state index in [0.29, 0.717) is 39.3 Å². The summed E-state index contributed by atoms with van der Waals surface area (Å²) in [7, 11) is 0. The number of halogens is 1. The molecule has 3 N–H and O–H groups in total. The Balaban J connectivity index is 1.33. The Morgan fingerprint density at radius 2 is 1.79 bits per heavy atom. The van der Waals surface area contributed by atoms with Crippen LogP contribution in [0, 0.1) is 5.21 Å². The van der Waals surface area contributed by atoms with Crippen molar-refractivity contribution in [1.29, 1.82) is 0 Å². The van der Waals surface area contributed by atoms with Crippen molar-refractivity contribution in [2.45, 2.75) is 63.9 Å². The number of hydrogen-bond donors (Lipinski definition) is 3. The Morgan fingerprint density at radius 1 is 1.07 bits per heavy atom. The van der Waals surface area contributed by atoms with Crippen LogP contribution in [0.4, 0.5) is 4.79 Å². The lowest BCUT2D eigenvalue weighted by Gasteiger charge is -2.32. The maximum atomic E-state index is 14.1. The molecular formula is C31H33ClN4O6. The number of hydrogen-bond acceptors (Lipinski definition) is 6. The van der Waals surface area contributed by atoms with E-state index in [1.165, 1.54) is 17.2 Å². The number of alkyl carbamates (subject to hydrolysis) is 1. The maximum Gasteiger partial charge on any atom is 0.407 e. The van der Waals surface area contributed by atoms with Crippen LogP contribution < -0.4 is 15.4 Å². The van der Waals surface area contributed by atoms with Gasteiger partial charge >= 0.3 is 6.09 Å².